The normalized spacial score (nSPS) is 17.3. The molecule has 0 aliphatic carbocycles. The number of hydrogen-bond donors (Lipinski definition) is 2. The number of Topliss-reactive ketones (excluding diaryl/α,β-unsaturated/α-hetero) is 1. The predicted molar refractivity (Wildman–Crippen MR) is 90.5 cm³/mol. The van der Waals surface area contributed by atoms with Crippen LogP contribution in [0.3, 0.4) is 0 Å². The summed E-state index contributed by atoms with van der Waals surface area (Å²) >= 11 is 1.45. The molecule has 1 unspecified atom stereocenters. The van der Waals surface area contributed by atoms with E-state index in [9.17, 15) is 9.59 Å². The van der Waals surface area contributed by atoms with Gasteiger partial charge < -0.3 is 11.1 Å². The molecule has 1 aliphatic rings. The Balaban J connectivity index is 1.92. The lowest BCUT2D eigenvalue weighted by Crippen LogP contribution is -2.25. The van der Waals surface area contributed by atoms with Gasteiger partial charge in [0.1, 0.15) is 5.69 Å². The van der Waals surface area contributed by atoms with Crippen molar-refractivity contribution in [2.45, 2.75) is 25.8 Å². The van der Waals surface area contributed by atoms with Crippen molar-refractivity contribution in [2.75, 3.05) is 6.54 Å². The minimum absolute atomic E-state index is 0.0757. The Morgan fingerprint density at radius 1 is 1.43 bits per heavy atom. The molecule has 5 nitrogen and oxygen atoms in total. The summed E-state index contributed by atoms with van der Waals surface area (Å²) in [4.78, 5) is 29.1. The Bertz CT molecular complexity index is 748. The van der Waals surface area contributed by atoms with E-state index in [1.807, 2.05) is 13.0 Å². The molecule has 3 N–H and O–H groups in total. The largest absolute Gasteiger partial charge is 0.366 e. The number of nitrogens with zero attached hydrogens (tertiary/aromatic N) is 1. The molecule has 1 amide bonds. The molecule has 6 heteroatoms. The summed E-state index contributed by atoms with van der Waals surface area (Å²) in [6.45, 7) is 2.81. The number of hydrogen-bond acceptors (Lipinski definition) is 5. The highest BCUT2D eigenvalue weighted by Crippen LogP contribution is 2.31. The highest BCUT2D eigenvalue weighted by Gasteiger charge is 2.24. The van der Waals surface area contributed by atoms with Crippen LogP contribution in [0.25, 0.3) is 10.4 Å². The molecule has 1 aromatic carbocycles. The zero-order chi connectivity index (χ0) is 16.4. The first-order valence-corrected chi connectivity index (χ1v) is 8.36. The Morgan fingerprint density at radius 2 is 2.26 bits per heavy atom. The van der Waals surface area contributed by atoms with Gasteiger partial charge in [-0.2, -0.15) is 0 Å². The van der Waals surface area contributed by atoms with Crippen molar-refractivity contribution in [2.24, 2.45) is 5.73 Å². The predicted octanol–water partition coefficient (Wildman–Crippen LogP) is 2.36. The number of thiazole rings is 1. The first-order chi connectivity index (χ1) is 11.0. The number of ketones is 1. The van der Waals surface area contributed by atoms with Crippen LogP contribution in [0.4, 0.5) is 0 Å². The average molecular weight is 328 g/mol. The van der Waals surface area contributed by atoms with Crippen LogP contribution in [-0.4, -0.2) is 29.3 Å². The Kier molecular flexibility index (Phi) is 4.54. The second kappa shape index (κ2) is 6.60. The van der Waals surface area contributed by atoms with Crippen molar-refractivity contribution in [3.63, 3.8) is 0 Å². The van der Waals surface area contributed by atoms with Crippen molar-refractivity contribution >= 4 is 23.0 Å². The maximum absolute atomic E-state index is 12.6. The second-order valence-electron chi connectivity index (χ2n) is 5.59. The van der Waals surface area contributed by atoms with Gasteiger partial charge in [0, 0.05) is 11.6 Å². The van der Waals surface area contributed by atoms with Crippen molar-refractivity contribution in [1.29, 1.82) is 0 Å². The van der Waals surface area contributed by atoms with Gasteiger partial charge in [-0.3, -0.25) is 9.59 Å². The molecule has 0 spiro atoms. The smallest absolute Gasteiger partial charge is 0.248 e. The molecule has 2 aromatic rings. The number of rotatable bonds is 5. The highest BCUT2D eigenvalue weighted by molar-refractivity contribution is 7.15. The number of nitrogens with one attached hydrogen (secondary N) is 1. The van der Waals surface area contributed by atoms with Crippen LogP contribution in [0.15, 0.2) is 24.3 Å². The number of primary amides is 1. The topological polar surface area (TPSA) is 85.1 Å². The van der Waals surface area contributed by atoms with Crippen LogP contribution in [0.2, 0.25) is 0 Å². The lowest BCUT2D eigenvalue weighted by atomic mass is 10.0. The Morgan fingerprint density at radius 3 is 2.96 bits per heavy atom. The standard InChI is InChI=1S/C17H18N3O2S/c1-10-20-15(14(21)9-13-6-3-7-19-13)16(23-10)11-4-2-5-12(8-11)17(18)22/h2,4-5,8-9,13,19H,3,6-7H2,1H3,(H2,18,22). The van der Waals surface area contributed by atoms with E-state index in [4.69, 9.17) is 5.73 Å². The molecule has 119 valence electrons. The fraction of sp³-hybridized carbons (Fsp3) is 0.294. The number of carbonyl (C=O) groups excluding carboxylic acids is 2. The van der Waals surface area contributed by atoms with Gasteiger partial charge in [0.05, 0.1) is 16.3 Å². The molecule has 1 saturated heterocycles. The zero-order valence-electron chi connectivity index (χ0n) is 12.8. The van der Waals surface area contributed by atoms with Gasteiger partial charge in [0.25, 0.3) is 0 Å². The third kappa shape index (κ3) is 3.48. The molecule has 1 atom stereocenters. The third-order valence-corrected chi connectivity index (χ3v) is 4.85. The number of benzene rings is 1. The summed E-state index contributed by atoms with van der Waals surface area (Å²) in [6.07, 6.45) is 3.77. The molecule has 3 rings (SSSR count). The van der Waals surface area contributed by atoms with Crippen LogP contribution in [0, 0.1) is 13.3 Å². The number of aromatic nitrogens is 1. The van der Waals surface area contributed by atoms with Crippen LogP contribution in [-0.2, 0) is 0 Å². The maximum atomic E-state index is 12.6. The van der Waals surface area contributed by atoms with Gasteiger partial charge in [-0.1, -0.05) is 12.1 Å². The summed E-state index contributed by atoms with van der Waals surface area (Å²) in [7, 11) is 0. The fourth-order valence-corrected chi connectivity index (χ4v) is 3.64. The molecular weight excluding hydrogens is 310 g/mol. The SMILES string of the molecule is Cc1nc(C(=O)[CH]C2CCCN2)c(-c2cccc(C(N)=O)c2)s1. The highest BCUT2D eigenvalue weighted by atomic mass is 32.1. The first kappa shape index (κ1) is 15.8. The van der Waals surface area contributed by atoms with E-state index in [1.165, 1.54) is 11.3 Å². The van der Waals surface area contributed by atoms with Crippen LogP contribution < -0.4 is 11.1 Å². The summed E-state index contributed by atoms with van der Waals surface area (Å²) in [5.74, 6) is -0.559. The van der Waals surface area contributed by atoms with Crippen LogP contribution >= 0.6 is 11.3 Å². The van der Waals surface area contributed by atoms with Crippen molar-refractivity contribution in [1.82, 2.24) is 10.3 Å². The number of nitrogens with two attached hydrogens (primary N) is 1. The van der Waals surface area contributed by atoms with Gasteiger partial charge in [-0.05, 0) is 44.0 Å². The van der Waals surface area contributed by atoms with E-state index in [-0.39, 0.29) is 11.8 Å². The van der Waals surface area contributed by atoms with E-state index in [0.29, 0.717) is 11.3 Å². The van der Waals surface area contributed by atoms with Crippen molar-refractivity contribution in [3.8, 4) is 10.4 Å². The van der Waals surface area contributed by atoms with Gasteiger partial charge >= 0.3 is 0 Å². The molecule has 0 bridgehead atoms. The minimum Gasteiger partial charge on any atom is -0.366 e. The Hall–Kier alpha value is -2.05. The Labute approximate surface area is 138 Å². The monoisotopic (exact) mass is 328 g/mol. The fourth-order valence-electron chi connectivity index (χ4n) is 2.72. The summed E-state index contributed by atoms with van der Waals surface area (Å²) in [6, 6.07) is 7.12. The van der Waals surface area contributed by atoms with Gasteiger partial charge in [-0.25, -0.2) is 4.98 Å². The van der Waals surface area contributed by atoms with Crippen molar-refractivity contribution in [3.05, 3.63) is 47.0 Å². The average Bonchev–Trinajstić information content (AvgIpc) is 3.16. The molecule has 1 fully saturated rings. The van der Waals surface area contributed by atoms with E-state index >= 15 is 0 Å². The summed E-state index contributed by atoms with van der Waals surface area (Å²) < 4.78 is 0. The molecular formula is C17H18N3O2S. The van der Waals surface area contributed by atoms with Crippen LogP contribution in [0.1, 0.15) is 38.7 Å². The molecule has 23 heavy (non-hydrogen) atoms. The van der Waals surface area contributed by atoms with E-state index in [1.54, 1.807) is 24.6 Å². The van der Waals surface area contributed by atoms with E-state index in [2.05, 4.69) is 10.3 Å². The maximum Gasteiger partial charge on any atom is 0.248 e. The minimum atomic E-state index is -0.484. The number of aryl methyl sites for hydroxylation is 1. The molecule has 1 aromatic heterocycles. The first-order valence-electron chi connectivity index (χ1n) is 7.55. The lowest BCUT2D eigenvalue weighted by molar-refractivity contribution is 0.0997. The van der Waals surface area contributed by atoms with Gasteiger partial charge in [0.2, 0.25) is 5.91 Å². The lowest BCUT2D eigenvalue weighted by Gasteiger charge is -2.08. The zero-order valence-corrected chi connectivity index (χ0v) is 13.7. The van der Waals surface area contributed by atoms with Gasteiger partial charge in [-0.15, -0.1) is 11.3 Å². The third-order valence-electron chi connectivity index (χ3n) is 3.83. The molecule has 1 radical (unpaired) electrons. The van der Waals surface area contributed by atoms with Crippen LogP contribution in [0.5, 0.6) is 0 Å². The quantitative estimate of drug-likeness (QED) is 0.825. The van der Waals surface area contributed by atoms with Gasteiger partial charge in [0.15, 0.2) is 5.78 Å². The second-order valence-corrected chi connectivity index (χ2v) is 6.79. The van der Waals surface area contributed by atoms with E-state index in [0.717, 1.165) is 34.8 Å². The molecule has 1 aliphatic heterocycles. The molecule has 2 heterocycles. The molecule has 0 saturated carbocycles. The number of amides is 1. The summed E-state index contributed by atoms with van der Waals surface area (Å²) in [5, 5.41) is 4.11. The van der Waals surface area contributed by atoms with Crippen molar-refractivity contribution < 1.29 is 9.59 Å². The summed E-state index contributed by atoms with van der Waals surface area (Å²) in [5.41, 5.74) is 7.01. The van der Waals surface area contributed by atoms with E-state index < -0.39 is 5.91 Å². The number of carbonyl (C=O) groups is 2.